The van der Waals surface area contributed by atoms with Crippen molar-refractivity contribution in [3.05, 3.63) is 60.2 Å². The standard InChI is InChI=1S/C26H41NO/c1-3-4-5-6-7-8-9-10-11-12-13-14-15-16-20-23-26(28)27-24(2)25-21-18-17-19-22-25/h7-8,10-11,17-19,21-22,24H,3-6,9,12-16,20,23H2,1-2H3,(H,27,28)/b8-7-,11-10-/t24-/m0/s1. The Morgan fingerprint density at radius 1 is 0.857 bits per heavy atom. The van der Waals surface area contributed by atoms with Crippen molar-refractivity contribution in [2.75, 3.05) is 0 Å². The van der Waals surface area contributed by atoms with E-state index in [0.717, 1.165) is 24.8 Å². The van der Waals surface area contributed by atoms with Gasteiger partial charge in [-0.1, -0.05) is 93.7 Å². The summed E-state index contributed by atoms with van der Waals surface area (Å²) in [6.07, 6.45) is 23.2. The summed E-state index contributed by atoms with van der Waals surface area (Å²) in [5.74, 6) is 0.169. The lowest BCUT2D eigenvalue weighted by atomic mass is 10.1. The maximum absolute atomic E-state index is 12.0. The van der Waals surface area contributed by atoms with Crippen LogP contribution in [0.3, 0.4) is 0 Å². The number of rotatable bonds is 16. The van der Waals surface area contributed by atoms with Crippen LogP contribution in [0.15, 0.2) is 54.6 Å². The molecule has 0 spiro atoms. The molecule has 0 radical (unpaired) electrons. The van der Waals surface area contributed by atoms with Gasteiger partial charge in [0.05, 0.1) is 6.04 Å². The molecule has 1 aromatic carbocycles. The van der Waals surface area contributed by atoms with Crippen LogP contribution >= 0.6 is 0 Å². The molecule has 156 valence electrons. The molecule has 0 aliphatic rings. The largest absolute Gasteiger partial charge is 0.350 e. The lowest BCUT2D eigenvalue weighted by Gasteiger charge is -2.14. The highest BCUT2D eigenvalue weighted by molar-refractivity contribution is 5.76. The van der Waals surface area contributed by atoms with E-state index in [1.807, 2.05) is 25.1 Å². The third-order valence-corrected chi connectivity index (χ3v) is 5.03. The van der Waals surface area contributed by atoms with Crippen molar-refractivity contribution in [1.29, 1.82) is 0 Å². The average molecular weight is 384 g/mol. The zero-order valence-corrected chi connectivity index (χ0v) is 18.2. The fourth-order valence-corrected chi connectivity index (χ4v) is 3.24. The molecule has 2 nitrogen and oxygen atoms in total. The Kier molecular flexibility index (Phi) is 14.9. The van der Waals surface area contributed by atoms with E-state index in [1.165, 1.54) is 51.4 Å². The van der Waals surface area contributed by atoms with E-state index < -0.39 is 0 Å². The van der Waals surface area contributed by atoms with E-state index in [0.29, 0.717) is 6.42 Å². The molecule has 0 bridgehead atoms. The molecule has 0 aliphatic heterocycles. The van der Waals surface area contributed by atoms with Gasteiger partial charge in [0.1, 0.15) is 0 Å². The summed E-state index contributed by atoms with van der Waals surface area (Å²) in [6, 6.07) is 10.2. The van der Waals surface area contributed by atoms with Crippen molar-refractivity contribution in [3.63, 3.8) is 0 Å². The van der Waals surface area contributed by atoms with Crippen LogP contribution in [-0.2, 0) is 4.79 Å². The van der Waals surface area contributed by atoms with Crippen LogP contribution < -0.4 is 5.32 Å². The first kappa shape index (κ1) is 24.2. The number of amides is 1. The minimum Gasteiger partial charge on any atom is -0.350 e. The Morgan fingerprint density at radius 3 is 2.14 bits per heavy atom. The molecule has 28 heavy (non-hydrogen) atoms. The van der Waals surface area contributed by atoms with Crippen molar-refractivity contribution in [1.82, 2.24) is 5.32 Å². The number of benzene rings is 1. The molecular weight excluding hydrogens is 342 g/mol. The van der Waals surface area contributed by atoms with Crippen molar-refractivity contribution in [2.24, 2.45) is 0 Å². The summed E-state index contributed by atoms with van der Waals surface area (Å²) < 4.78 is 0. The summed E-state index contributed by atoms with van der Waals surface area (Å²) in [5, 5.41) is 3.09. The fourth-order valence-electron chi connectivity index (χ4n) is 3.24. The lowest BCUT2D eigenvalue weighted by molar-refractivity contribution is -0.121. The van der Waals surface area contributed by atoms with Crippen molar-refractivity contribution < 1.29 is 4.79 Å². The predicted molar refractivity (Wildman–Crippen MR) is 122 cm³/mol. The molecular formula is C26H41NO. The van der Waals surface area contributed by atoms with E-state index in [4.69, 9.17) is 0 Å². The molecule has 0 unspecified atom stereocenters. The Morgan fingerprint density at radius 2 is 1.46 bits per heavy atom. The second kappa shape index (κ2) is 17.3. The molecule has 1 rings (SSSR count). The van der Waals surface area contributed by atoms with E-state index in [-0.39, 0.29) is 11.9 Å². The highest BCUT2D eigenvalue weighted by atomic mass is 16.1. The van der Waals surface area contributed by atoms with Crippen LogP contribution in [0.25, 0.3) is 0 Å². The van der Waals surface area contributed by atoms with E-state index in [2.05, 4.69) is 48.7 Å². The smallest absolute Gasteiger partial charge is 0.220 e. The summed E-state index contributed by atoms with van der Waals surface area (Å²) in [6.45, 7) is 4.29. The van der Waals surface area contributed by atoms with Gasteiger partial charge >= 0.3 is 0 Å². The maximum Gasteiger partial charge on any atom is 0.220 e. The Labute approximate surface area is 173 Å². The Balaban J connectivity index is 1.92. The van der Waals surface area contributed by atoms with Gasteiger partial charge in [0, 0.05) is 6.42 Å². The number of allylic oxidation sites excluding steroid dienone is 4. The van der Waals surface area contributed by atoms with Gasteiger partial charge in [0.2, 0.25) is 5.91 Å². The second-order valence-electron chi connectivity index (χ2n) is 7.68. The lowest BCUT2D eigenvalue weighted by Crippen LogP contribution is -2.26. The van der Waals surface area contributed by atoms with Gasteiger partial charge in [0.15, 0.2) is 0 Å². The average Bonchev–Trinajstić information content (AvgIpc) is 2.71. The number of hydrogen-bond donors (Lipinski definition) is 1. The summed E-state index contributed by atoms with van der Waals surface area (Å²) in [4.78, 5) is 12.0. The third kappa shape index (κ3) is 13.4. The monoisotopic (exact) mass is 383 g/mol. The van der Waals surface area contributed by atoms with Gasteiger partial charge in [-0.05, 0) is 51.0 Å². The van der Waals surface area contributed by atoms with Crippen LogP contribution in [0.4, 0.5) is 0 Å². The normalized spacial score (nSPS) is 12.6. The topological polar surface area (TPSA) is 29.1 Å². The van der Waals surface area contributed by atoms with Crippen molar-refractivity contribution in [2.45, 2.75) is 96.9 Å². The molecule has 0 aliphatic carbocycles. The molecule has 0 saturated heterocycles. The molecule has 0 aromatic heterocycles. The van der Waals surface area contributed by atoms with Crippen molar-refractivity contribution in [3.8, 4) is 0 Å². The van der Waals surface area contributed by atoms with E-state index in [1.54, 1.807) is 0 Å². The molecule has 1 N–H and O–H groups in total. The molecule has 0 heterocycles. The summed E-state index contributed by atoms with van der Waals surface area (Å²) in [5.41, 5.74) is 1.16. The number of nitrogens with one attached hydrogen (secondary N) is 1. The highest BCUT2D eigenvalue weighted by Gasteiger charge is 2.08. The maximum atomic E-state index is 12.0. The molecule has 0 fully saturated rings. The van der Waals surface area contributed by atoms with Crippen LogP contribution in [-0.4, -0.2) is 5.91 Å². The van der Waals surface area contributed by atoms with Gasteiger partial charge in [-0.15, -0.1) is 0 Å². The minimum atomic E-state index is 0.0895. The number of hydrogen-bond acceptors (Lipinski definition) is 1. The van der Waals surface area contributed by atoms with Gasteiger partial charge in [0.25, 0.3) is 0 Å². The summed E-state index contributed by atoms with van der Waals surface area (Å²) in [7, 11) is 0. The predicted octanol–water partition coefficient (Wildman–Crippen LogP) is 7.68. The minimum absolute atomic E-state index is 0.0895. The van der Waals surface area contributed by atoms with Gasteiger partial charge in [-0.3, -0.25) is 4.79 Å². The van der Waals surface area contributed by atoms with Crippen LogP contribution in [0, 0.1) is 0 Å². The van der Waals surface area contributed by atoms with Crippen LogP contribution in [0.1, 0.15) is 103 Å². The Hall–Kier alpha value is -1.83. The Bertz CT molecular complexity index is 547. The second-order valence-corrected chi connectivity index (χ2v) is 7.68. The number of carbonyl (C=O) groups is 1. The molecule has 2 heteroatoms. The van der Waals surface area contributed by atoms with Crippen LogP contribution in [0.2, 0.25) is 0 Å². The highest BCUT2D eigenvalue weighted by Crippen LogP contribution is 2.12. The number of unbranched alkanes of at least 4 members (excludes halogenated alkanes) is 8. The summed E-state index contributed by atoms with van der Waals surface area (Å²) >= 11 is 0. The van der Waals surface area contributed by atoms with Gasteiger partial charge in [-0.25, -0.2) is 0 Å². The van der Waals surface area contributed by atoms with E-state index >= 15 is 0 Å². The van der Waals surface area contributed by atoms with Gasteiger partial charge < -0.3 is 5.32 Å². The number of carbonyl (C=O) groups excluding carboxylic acids is 1. The fraction of sp³-hybridized carbons (Fsp3) is 0.577. The first-order valence-electron chi connectivity index (χ1n) is 11.4. The first-order chi connectivity index (χ1) is 13.7. The molecule has 1 aromatic rings. The van der Waals surface area contributed by atoms with E-state index in [9.17, 15) is 4.79 Å². The van der Waals surface area contributed by atoms with Gasteiger partial charge in [-0.2, -0.15) is 0 Å². The quantitative estimate of drug-likeness (QED) is 0.230. The van der Waals surface area contributed by atoms with Crippen molar-refractivity contribution >= 4 is 5.91 Å². The molecule has 1 atom stereocenters. The first-order valence-corrected chi connectivity index (χ1v) is 11.4. The zero-order valence-electron chi connectivity index (χ0n) is 18.2. The van der Waals surface area contributed by atoms with Crippen LogP contribution in [0.5, 0.6) is 0 Å². The third-order valence-electron chi connectivity index (χ3n) is 5.03. The molecule has 0 saturated carbocycles. The zero-order chi connectivity index (χ0) is 20.3. The molecule has 1 amide bonds. The SMILES string of the molecule is CCCCC/C=C\C/C=C\CCCCCCCC(=O)N[C@@H](C)c1ccccc1.